The summed E-state index contributed by atoms with van der Waals surface area (Å²) in [6, 6.07) is 7.17. The van der Waals surface area contributed by atoms with Crippen LogP contribution in [-0.4, -0.2) is 56.5 Å². The molecule has 4 rings (SSSR count). The minimum atomic E-state index is 0.491. The van der Waals surface area contributed by atoms with E-state index in [9.17, 15) is 0 Å². The van der Waals surface area contributed by atoms with Gasteiger partial charge in [-0.25, -0.2) is 0 Å². The Morgan fingerprint density at radius 1 is 1.27 bits per heavy atom. The van der Waals surface area contributed by atoms with Crippen molar-refractivity contribution in [1.82, 2.24) is 4.90 Å². The van der Waals surface area contributed by atoms with Gasteiger partial charge in [0.25, 0.3) is 0 Å². The lowest BCUT2D eigenvalue weighted by Crippen LogP contribution is -2.56. The molecule has 0 amide bonds. The van der Waals surface area contributed by atoms with Crippen molar-refractivity contribution >= 4 is 11.4 Å². The third-order valence-electron chi connectivity index (χ3n) is 5.19. The molecule has 0 N–H and O–H groups in total. The van der Waals surface area contributed by atoms with E-state index in [2.05, 4.69) is 42.0 Å². The van der Waals surface area contributed by atoms with Gasteiger partial charge in [0.2, 0.25) is 0 Å². The van der Waals surface area contributed by atoms with Gasteiger partial charge in [-0.2, -0.15) is 0 Å². The van der Waals surface area contributed by atoms with E-state index < -0.39 is 0 Å². The zero-order chi connectivity index (χ0) is 15.1. The molecule has 0 saturated carbocycles. The van der Waals surface area contributed by atoms with E-state index >= 15 is 0 Å². The van der Waals surface area contributed by atoms with Crippen molar-refractivity contribution in [3.63, 3.8) is 0 Å². The number of ether oxygens (including phenoxy) is 1. The second-order valence-electron chi connectivity index (χ2n) is 7.03. The van der Waals surface area contributed by atoms with Gasteiger partial charge in [-0.3, -0.25) is 4.99 Å². The summed E-state index contributed by atoms with van der Waals surface area (Å²) in [7, 11) is 2.19. The Labute approximate surface area is 132 Å². The molecule has 118 valence electrons. The van der Waals surface area contributed by atoms with Crippen LogP contribution in [0.4, 0.5) is 5.69 Å². The van der Waals surface area contributed by atoms with Gasteiger partial charge in [0.15, 0.2) is 0 Å². The van der Waals surface area contributed by atoms with Crippen molar-refractivity contribution in [2.24, 2.45) is 10.9 Å². The summed E-state index contributed by atoms with van der Waals surface area (Å²) in [6.07, 6.45) is 2.34. The van der Waals surface area contributed by atoms with E-state index in [1.54, 1.807) is 0 Å². The molecule has 0 bridgehead atoms. The van der Waals surface area contributed by atoms with Gasteiger partial charge in [-0.05, 0) is 43.5 Å². The topological polar surface area (TPSA) is 28.1 Å². The van der Waals surface area contributed by atoms with Gasteiger partial charge < -0.3 is 14.5 Å². The lowest BCUT2D eigenvalue weighted by Gasteiger charge is -2.44. The molecule has 22 heavy (non-hydrogen) atoms. The molecule has 1 aromatic carbocycles. The first-order chi connectivity index (χ1) is 10.7. The average molecular weight is 299 g/mol. The van der Waals surface area contributed by atoms with E-state index in [0.29, 0.717) is 6.04 Å². The molecule has 3 heterocycles. The molecule has 1 unspecified atom stereocenters. The predicted molar refractivity (Wildman–Crippen MR) is 90.4 cm³/mol. The summed E-state index contributed by atoms with van der Waals surface area (Å²) >= 11 is 0. The molecule has 4 heteroatoms. The molecular weight excluding hydrogens is 274 g/mol. The summed E-state index contributed by atoms with van der Waals surface area (Å²) in [4.78, 5) is 9.67. The van der Waals surface area contributed by atoms with Gasteiger partial charge in [0, 0.05) is 31.9 Å². The minimum absolute atomic E-state index is 0.491. The van der Waals surface area contributed by atoms with Gasteiger partial charge in [-0.15, -0.1) is 0 Å². The van der Waals surface area contributed by atoms with Gasteiger partial charge in [0.1, 0.15) is 12.4 Å². The highest BCUT2D eigenvalue weighted by molar-refractivity contribution is 6.01. The molecular formula is C18H25N3O. The van der Waals surface area contributed by atoms with Crippen molar-refractivity contribution < 1.29 is 4.74 Å². The Morgan fingerprint density at radius 2 is 2.18 bits per heavy atom. The van der Waals surface area contributed by atoms with Gasteiger partial charge in [-0.1, -0.05) is 13.0 Å². The van der Waals surface area contributed by atoms with Crippen molar-refractivity contribution in [3.8, 4) is 5.75 Å². The third-order valence-corrected chi connectivity index (χ3v) is 5.19. The largest absolute Gasteiger partial charge is 0.489 e. The van der Waals surface area contributed by atoms with Crippen LogP contribution in [0.3, 0.4) is 0 Å². The monoisotopic (exact) mass is 299 g/mol. The number of aliphatic imine (C=N–C) groups is 1. The summed E-state index contributed by atoms with van der Waals surface area (Å²) in [6.45, 7) is 7.35. The maximum Gasteiger partial charge on any atom is 0.143 e. The number of rotatable bonds is 1. The van der Waals surface area contributed by atoms with Crippen LogP contribution in [0.25, 0.3) is 0 Å². The van der Waals surface area contributed by atoms with Crippen LogP contribution in [0.15, 0.2) is 23.2 Å². The van der Waals surface area contributed by atoms with Gasteiger partial charge in [0.05, 0.1) is 11.7 Å². The number of fused-ring (bicyclic) bond motifs is 3. The first-order valence-electron chi connectivity index (χ1n) is 8.46. The molecule has 0 aromatic heterocycles. The Bertz CT molecular complexity index is 598. The second kappa shape index (κ2) is 5.58. The number of anilines is 1. The van der Waals surface area contributed by atoms with Crippen LogP contribution >= 0.6 is 0 Å². The van der Waals surface area contributed by atoms with Crippen LogP contribution in [-0.2, 0) is 0 Å². The van der Waals surface area contributed by atoms with Crippen LogP contribution in [0.5, 0.6) is 5.75 Å². The number of piperazine rings is 1. The van der Waals surface area contributed by atoms with Crippen LogP contribution < -0.4 is 9.64 Å². The van der Waals surface area contributed by atoms with E-state index in [1.807, 2.05) is 0 Å². The van der Waals surface area contributed by atoms with E-state index in [-0.39, 0.29) is 0 Å². The fourth-order valence-corrected chi connectivity index (χ4v) is 3.76. The lowest BCUT2D eigenvalue weighted by atomic mass is 9.95. The van der Waals surface area contributed by atoms with Crippen molar-refractivity contribution in [1.29, 1.82) is 0 Å². The first kappa shape index (κ1) is 14.1. The second-order valence-corrected chi connectivity index (χ2v) is 7.03. The number of hydrogen-bond acceptors (Lipinski definition) is 4. The highest BCUT2D eigenvalue weighted by Gasteiger charge is 2.31. The van der Waals surface area contributed by atoms with E-state index in [0.717, 1.165) is 50.9 Å². The quantitative estimate of drug-likeness (QED) is 0.797. The molecule has 1 aromatic rings. The molecule has 0 aliphatic carbocycles. The maximum atomic E-state index is 6.07. The average Bonchev–Trinajstić information content (AvgIpc) is 2.54. The highest BCUT2D eigenvalue weighted by Crippen LogP contribution is 2.36. The lowest BCUT2D eigenvalue weighted by molar-refractivity contribution is 0.188. The zero-order valence-electron chi connectivity index (χ0n) is 13.6. The molecule has 4 nitrogen and oxygen atoms in total. The van der Waals surface area contributed by atoms with E-state index in [4.69, 9.17) is 9.73 Å². The number of benzene rings is 1. The van der Waals surface area contributed by atoms with E-state index in [1.165, 1.54) is 23.4 Å². The molecule has 1 saturated heterocycles. The molecule has 1 fully saturated rings. The number of nitrogens with zero attached hydrogens (tertiary/aromatic N) is 3. The number of likely N-dealkylation sites (N-methyl/N-ethyl adjacent to an activating group) is 1. The van der Waals surface area contributed by atoms with Crippen molar-refractivity contribution in [2.75, 3.05) is 44.7 Å². The summed E-state index contributed by atoms with van der Waals surface area (Å²) in [5.74, 6) is 1.77. The molecule has 3 aliphatic heterocycles. The summed E-state index contributed by atoms with van der Waals surface area (Å²) in [5.41, 5.74) is 3.76. The molecule has 0 spiro atoms. The van der Waals surface area contributed by atoms with Crippen LogP contribution in [0.1, 0.15) is 25.3 Å². The van der Waals surface area contributed by atoms with Crippen LogP contribution in [0, 0.1) is 5.92 Å². The normalized spacial score (nSPS) is 28.5. The number of hydrogen-bond donors (Lipinski definition) is 0. The fourth-order valence-electron chi connectivity index (χ4n) is 3.76. The van der Waals surface area contributed by atoms with Crippen LogP contribution in [0.2, 0.25) is 0 Å². The van der Waals surface area contributed by atoms with Crippen molar-refractivity contribution in [3.05, 3.63) is 23.8 Å². The Kier molecular flexibility index (Phi) is 3.57. The Hall–Kier alpha value is -1.55. The minimum Gasteiger partial charge on any atom is -0.489 e. The fraction of sp³-hybridized carbons (Fsp3) is 0.611. The molecule has 0 radical (unpaired) electrons. The smallest absolute Gasteiger partial charge is 0.143 e. The zero-order valence-corrected chi connectivity index (χ0v) is 13.6. The molecule has 3 aliphatic rings. The Balaban J connectivity index is 1.60. The molecule has 2 atom stereocenters. The van der Waals surface area contributed by atoms with Gasteiger partial charge >= 0.3 is 0 Å². The summed E-state index contributed by atoms with van der Waals surface area (Å²) < 4.78 is 6.07. The SMILES string of the molecule is CC1CCC(c2ccc3c(c2)OC[C@H]2CN(C)CCN32)=NC1. The predicted octanol–water partition coefficient (Wildman–Crippen LogP) is 2.42. The summed E-state index contributed by atoms with van der Waals surface area (Å²) in [5, 5.41) is 0. The Morgan fingerprint density at radius 3 is 3.00 bits per heavy atom. The first-order valence-corrected chi connectivity index (χ1v) is 8.46. The standard InChI is InChI=1S/C18H25N3O/c1-13-3-5-16(19-10-13)14-4-6-17-18(9-14)22-12-15-11-20(2)7-8-21(15)17/h4,6,9,13,15H,3,5,7-8,10-12H2,1-2H3/t13?,15-/m1/s1. The third kappa shape index (κ3) is 2.50. The highest BCUT2D eigenvalue weighted by atomic mass is 16.5. The maximum absolute atomic E-state index is 6.07. The van der Waals surface area contributed by atoms with Crippen molar-refractivity contribution in [2.45, 2.75) is 25.8 Å².